The fraction of sp³-hybridized carbons (Fsp3) is 0.610. The second kappa shape index (κ2) is 35.6. The van der Waals surface area contributed by atoms with Gasteiger partial charge in [0.1, 0.15) is 6.61 Å². The van der Waals surface area contributed by atoms with Crippen LogP contribution in [-0.2, 0) is 28.2 Å². The maximum absolute atomic E-state index is 12.3. The molecule has 0 fully saturated rings. The number of hydrogen-bond acceptors (Lipinski definition) is 7. The summed E-state index contributed by atoms with van der Waals surface area (Å²) < 4.78 is 26.2. The first kappa shape index (κ1) is 48.2. The first-order valence-electron chi connectivity index (χ1n) is 19.0. The number of esters is 2. The highest BCUT2D eigenvalue weighted by Crippen LogP contribution is 2.35. The Morgan fingerprint density at radius 3 is 1.84 bits per heavy atom. The average Bonchev–Trinajstić information content (AvgIpc) is 3.09. The van der Waals surface area contributed by atoms with E-state index in [0.717, 1.165) is 64.2 Å². The standard InChI is InChI=1S/C41H67O9P/c1-3-5-7-9-11-12-13-14-15-16-17-18-19-20-22-26-31-35-41(44)50-39(37-49-51(45,46)47)36-48-40(43)34-30-27-23-25-29-33-38(42)32-28-24-21-10-8-6-4-2/h6,8,11-12,14-15,17-18,20-22,24,28,32,38-39,42H,3-5,7,9-10,13,16,19,23,25-27,29-31,33-37H2,1-2H3,(H2,45,46,47)/b8-6+,12-11-,15-14-,18-17-,22-20-,24-21+,32-28+/t38?,39-/m1/s1. The van der Waals surface area contributed by atoms with Gasteiger partial charge in [-0.2, -0.15) is 0 Å². The molecule has 1 unspecified atom stereocenters. The predicted octanol–water partition coefficient (Wildman–Crippen LogP) is 10.3. The molecule has 0 spiro atoms. The highest BCUT2D eigenvalue weighted by molar-refractivity contribution is 7.46. The lowest BCUT2D eigenvalue weighted by Crippen LogP contribution is -2.29. The lowest BCUT2D eigenvalue weighted by Gasteiger charge is -2.18. The minimum Gasteiger partial charge on any atom is -0.462 e. The molecule has 0 aliphatic carbocycles. The number of carbonyl (C=O) groups is 2. The zero-order valence-corrected chi connectivity index (χ0v) is 32.2. The van der Waals surface area contributed by atoms with E-state index >= 15 is 0 Å². The van der Waals surface area contributed by atoms with E-state index < -0.39 is 38.6 Å². The minimum atomic E-state index is -4.79. The van der Waals surface area contributed by atoms with Gasteiger partial charge in [-0.25, -0.2) is 4.57 Å². The second-order valence-corrected chi connectivity index (χ2v) is 13.6. The summed E-state index contributed by atoms with van der Waals surface area (Å²) in [4.78, 5) is 42.7. The van der Waals surface area contributed by atoms with E-state index in [9.17, 15) is 19.3 Å². The molecule has 0 aliphatic rings. The van der Waals surface area contributed by atoms with Gasteiger partial charge in [0.15, 0.2) is 6.10 Å². The van der Waals surface area contributed by atoms with Crippen molar-refractivity contribution in [3.63, 3.8) is 0 Å². The van der Waals surface area contributed by atoms with Crippen molar-refractivity contribution in [1.82, 2.24) is 0 Å². The van der Waals surface area contributed by atoms with E-state index in [1.807, 2.05) is 30.4 Å². The molecule has 0 rings (SSSR count). The van der Waals surface area contributed by atoms with E-state index in [2.05, 4.69) is 67.0 Å². The zero-order chi connectivity index (χ0) is 37.7. The molecule has 0 saturated heterocycles. The Morgan fingerprint density at radius 1 is 0.627 bits per heavy atom. The van der Waals surface area contributed by atoms with Crippen LogP contribution in [0, 0.1) is 0 Å². The maximum atomic E-state index is 12.3. The smallest absolute Gasteiger partial charge is 0.462 e. The van der Waals surface area contributed by atoms with Crippen LogP contribution in [0.4, 0.5) is 0 Å². The van der Waals surface area contributed by atoms with Gasteiger partial charge in [-0.3, -0.25) is 14.1 Å². The van der Waals surface area contributed by atoms with Crippen LogP contribution >= 0.6 is 7.82 Å². The first-order valence-corrected chi connectivity index (χ1v) is 20.5. The number of unbranched alkanes of at least 4 members (excludes halogenated alkanes) is 8. The molecule has 0 aromatic heterocycles. The van der Waals surface area contributed by atoms with Gasteiger partial charge in [-0.1, -0.05) is 137 Å². The summed E-state index contributed by atoms with van der Waals surface area (Å²) in [6.45, 7) is 3.37. The molecule has 0 aliphatic heterocycles. The van der Waals surface area contributed by atoms with Gasteiger partial charge in [0, 0.05) is 12.8 Å². The number of hydrogen-bond donors (Lipinski definition) is 3. The van der Waals surface area contributed by atoms with Gasteiger partial charge in [0.25, 0.3) is 0 Å². The Balaban J connectivity index is 4.18. The molecule has 9 nitrogen and oxygen atoms in total. The Kier molecular flexibility index (Phi) is 33.6. The lowest BCUT2D eigenvalue weighted by molar-refractivity contribution is -0.161. The van der Waals surface area contributed by atoms with Crippen molar-refractivity contribution >= 4 is 19.8 Å². The third kappa shape index (κ3) is 38.3. The van der Waals surface area contributed by atoms with E-state index in [0.29, 0.717) is 25.7 Å². The van der Waals surface area contributed by atoms with Gasteiger partial charge < -0.3 is 24.4 Å². The molecule has 0 amide bonds. The third-order valence-electron chi connectivity index (χ3n) is 7.50. The molecule has 2 atom stereocenters. The topological polar surface area (TPSA) is 140 Å². The number of phosphoric ester groups is 1. The minimum absolute atomic E-state index is 0.111. The van der Waals surface area contributed by atoms with Crippen molar-refractivity contribution < 1.29 is 43.0 Å². The van der Waals surface area contributed by atoms with Gasteiger partial charge >= 0.3 is 19.8 Å². The molecule has 0 aromatic rings. The monoisotopic (exact) mass is 734 g/mol. The number of aliphatic hydroxyl groups is 1. The molecule has 0 radical (unpaired) electrons. The van der Waals surface area contributed by atoms with Crippen LogP contribution in [0.1, 0.15) is 136 Å². The van der Waals surface area contributed by atoms with Crippen LogP contribution in [0.15, 0.2) is 85.1 Å². The maximum Gasteiger partial charge on any atom is 0.469 e. The molecular weight excluding hydrogens is 667 g/mol. The number of aliphatic hydroxyl groups excluding tert-OH is 1. The van der Waals surface area contributed by atoms with Gasteiger partial charge in [-0.05, 0) is 70.6 Å². The molecule has 10 heteroatoms. The molecule has 3 N–H and O–H groups in total. The van der Waals surface area contributed by atoms with Crippen molar-refractivity contribution in [3.8, 4) is 0 Å². The normalized spacial score (nSPS) is 14.1. The Labute approximate surface area is 308 Å². The van der Waals surface area contributed by atoms with Crippen LogP contribution in [0.5, 0.6) is 0 Å². The van der Waals surface area contributed by atoms with Crippen LogP contribution < -0.4 is 0 Å². The number of ether oxygens (including phenoxy) is 2. The number of phosphoric acid groups is 1. The number of allylic oxidation sites excluding steroid dienone is 13. The SMILES string of the molecule is CC/C=C/C/C=C/C=C/C(O)CCCCCCCC(=O)OC[C@H](COP(=O)(O)O)OC(=O)CCC/C=C\C/C=C\C/C=C\C/C=C\CCCCC. The van der Waals surface area contributed by atoms with Crippen molar-refractivity contribution in [1.29, 1.82) is 0 Å². The summed E-state index contributed by atoms with van der Waals surface area (Å²) in [5.41, 5.74) is 0. The molecule has 0 aromatic carbocycles. The summed E-state index contributed by atoms with van der Waals surface area (Å²) in [5, 5.41) is 10.1. The molecule has 0 bridgehead atoms. The molecule has 290 valence electrons. The average molecular weight is 735 g/mol. The van der Waals surface area contributed by atoms with Crippen LogP contribution in [-0.4, -0.2) is 52.3 Å². The van der Waals surface area contributed by atoms with E-state index in [1.165, 1.54) is 19.3 Å². The first-order chi connectivity index (χ1) is 24.7. The van der Waals surface area contributed by atoms with Crippen molar-refractivity contribution in [3.05, 3.63) is 85.1 Å². The number of rotatable bonds is 33. The largest absolute Gasteiger partial charge is 0.469 e. The van der Waals surface area contributed by atoms with Crippen molar-refractivity contribution in [2.75, 3.05) is 13.2 Å². The Bertz CT molecular complexity index is 1110. The summed E-state index contributed by atoms with van der Waals surface area (Å²) in [6.07, 6.45) is 43.3. The second-order valence-electron chi connectivity index (χ2n) is 12.4. The van der Waals surface area contributed by atoms with Crippen molar-refractivity contribution in [2.24, 2.45) is 0 Å². The zero-order valence-electron chi connectivity index (χ0n) is 31.3. The quantitative estimate of drug-likeness (QED) is 0.0198. The Morgan fingerprint density at radius 2 is 1.20 bits per heavy atom. The highest BCUT2D eigenvalue weighted by Gasteiger charge is 2.22. The summed E-state index contributed by atoms with van der Waals surface area (Å²) >= 11 is 0. The highest BCUT2D eigenvalue weighted by atomic mass is 31.2. The fourth-order valence-corrected chi connectivity index (χ4v) is 5.03. The van der Waals surface area contributed by atoms with Gasteiger partial charge in [0.05, 0.1) is 12.7 Å². The van der Waals surface area contributed by atoms with Gasteiger partial charge in [-0.15, -0.1) is 0 Å². The van der Waals surface area contributed by atoms with E-state index in [4.69, 9.17) is 19.3 Å². The summed E-state index contributed by atoms with van der Waals surface area (Å²) in [7, 11) is -4.79. The Hall–Kier alpha value is -2.81. The number of carbonyl (C=O) groups excluding carboxylic acids is 2. The van der Waals surface area contributed by atoms with Crippen LogP contribution in [0.25, 0.3) is 0 Å². The fourth-order valence-electron chi connectivity index (χ4n) is 4.66. The molecular formula is C41H67O9P. The van der Waals surface area contributed by atoms with E-state index in [1.54, 1.807) is 6.08 Å². The van der Waals surface area contributed by atoms with Crippen LogP contribution in [0.2, 0.25) is 0 Å². The van der Waals surface area contributed by atoms with Crippen LogP contribution in [0.3, 0.4) is 0 Å². The molecule has 0 saturated carbocycles. The summed E-state index contributed by atoms with van der Waals surface area (Å²) in [6, 6.07) is 0. The van der Waals surface area contributed by atoms with E-state index in [-0.39, 0.29) is 19.4 Å². The predicted molar refractivity (Wildman–Crippen MR) is 208 cm³/mol. The van der Waals surface area contributed by atoms with Gasteiger partial charge in [0.2, 0.25) is 0 Å². The molecule has 0 heterocycles. The summed E-state index contributed by atoms with van der Waals surface area (Å²) in [5.74, 6) is -1.04. The molecule has 51 heavy (non-hydrogen) atoms. The van der Waals surface area contributed by atoms with Crippen molar-refractivity contribution in [2.45, 2.75) is 148 Å². The third-order valence-corrected chi connectivity index (χ3v) is 7.99. The lowest BCUT2D eigenvalue weighted by atomic mass is 10.1.